The molecular formula is C9H18O5. The zero-order valence-corrected chi connectivity index (χ0v) is 8.93. The quantitative estimate of drug-likeness (QED) is 0.638. The molecule has 0 aromatic carbocycles. The lowest BCUT2D eigenvalue weighted by Gasteiger charge is -2.46. The fourth-order valence-electron chi connectivity index (χ4n) is 1.80. The van der Waals surface area contributed by atoms with E-state index in [-0.39, 0.29) is 0 Å². The van der Waals surface area contributed by atoms with Crippen molar-refractivity contribution in [3.63, 3.8) is 0 Å². The zero-order chi connectivity index (χ0) is 10.9. The smallest absolute Gasteiger partial charge is 0.186 e. The second-order valence-corrected chi connectivity index (χ2v) is 3.96. The van der Waals surface area contributed by atoms with Crippen molar-refractivity contribution in [1.29, 1.82) is 0 Å². The van der Waals surface area contributed by atoms with E-state index in [1.54, 1.807) is 13.8 Å². The van der Waals surface area contributed by atoms with Crippen LogP contribution in [0.5, 0.6) is 0 Å². The van der Waals surface area contributed by atoms with Crippen LogP contribution in [0.2, 0.25) is 0 Å². The molecule has 1 heterocycles. The molecule has 14 heavy (non-hydrogen) atoms. The van der Waals surface area contributed by atoms with Gasteiger partial charge in [-0.15, -0.1) is 0 Å². The van der Waals surface area contributed by atoms with E-state index in [1.165, 1.54) is 14.2 Å². The highest BCUT2D eigenvalue weighted by molar-refractivity contribution is 4.95. The number of hydrogen-bond donors (Lipinski definition) is 2. The van der Waals surface area contributed by atoms with E-state index >= 15 is 0 Å². The van der Waals surface area contributed by atoms with Gasteiger partial charge in [0.1, 0.15) is 18.3 Å². The van der Waals surface area contributed by atoms with E-state index < -0.39 is 30.2 Å². The van der Waals surface area contributed by atoms with Crippen LogP contribution in [0.15, 0.2) is 0 Å². The molecule has 1 aliphatic heterocycles. The third-order valence-electron chi connectivity index (χ3n) is 2.53. The molecule has 0 aromatic rings. The summed E-state index contributed by atoms with van der Waals surface area (Å²) in [5.74, 6) is 0. The maximum absolute atomic E-state index is 9.74. The topological polar surface area (TPSA) is 68.2 Å². The molecule has 0 amide bonds. The minimum absolute atomic E-state index is 0.566. The molecule has 1 fully saturated rings. The molecule has 4 atom stereocenters. The molecule has 0 bridgehead atoms. The molecule has 0 radical (unpaired) electrons. The van der Waals surface area contributed by atoms with Gasteiger partial charge in [-0.3, -0.25) is 0 Å². The summed E-state index contributed by atoms with van der Waals surface area (Å²) in [7, 11) is 2.89. The van der Waals surface area contributed by atoms with Gasteiger partial charge in [0.2, 0.25) is 0 Å². The van der Waals surface area contributed by atoms with Gasteiger partial charge in [-0.25, -0.2) is 0 Å². The average molecular weight is 206 g/mol. The van der Waals surface area contributed by atoms with E-state index in [9.17, 15) is 10.2 Å². The Morgan fingerprint density at radius 3 is 2.07 bits per heavy atom. The second kappa shape index (κ2) is 4.12. The summed E-state index contributed by atoms with van der Waals surface area (Å²) in [5.41, 5.74) is -0.686. The van der Waals surface area contributed by atoms with Crippen molar-refractivity contribution in [3.05, 3.63) is 0 Å². The number of rotatable bonds is 2. The fraction of sp³-hybridized carbons (Fsp3) is 1.00. The summed E-state index contributed by atoms with van der Waals surface area (Å²) in [6, 6.07) is 0. The van der Waals surface area contributed by atoms with E-state index in [1.807, 2.05) is 0 Å². The molecule has 1 saturated heterocycles. The van der Waals surface area contributed by atoms with Gasteiger partial charge >= 0.3 is 0 Å². The van der Waals surface area contributed by atoms with Gasteiger partial charge in [-0.1, -0.05) is 0 Å². The summed E-state index contributed by atoms with van der Waals surface area (Å²) in [6.45, 7) is 3.56. The number of methoxy groups -OCH3 is 2. The monoisotopic (exact) mass is 206 g/mol. The Balaban J connectivity index is 2.83. The van der Waals surface area contributed by atoms with E-state index in [2.05, 4.69) is 0 Å². The lowest BCUT2D eigenvalue weighted by Crippen LogP contribution is -2.62. The summed E-state index contributed by atoms with van der Waals surface area (Å²) >= 11 is 0. The minimum Gasteiger partial charge on any atom is -0.387 e. The Labute approximate surface area is 83.6 Å². The predicted octanol–water partition coefficient (Wildman–Crippen LogP) is -0.496. The molecule has 0 aromatic heterocycles. The highest BCUT2D eigenvalue weighted by Crippen LogP contribution is 2.31. The maximum atomic E-state index is 9.74. The van der Waals surface area contributed by atoms with Crippen LogP contribution in [0, 0.1) is 0 Å². The van der Waals surface area contributed by atoms with Gasteiger partial charge in [0.25, 0.3) is 0 Å². The summed E-state index contributed by atoms with van der Waals surface area (Å²) in [6.07, 6.45) is -3.47. The highest BCUT2D eigenvalue weighted by atomic mass is 16.7. The molecule has 1 unspecified atom stereocenters. The fourth-order valence-corrected chi connectivity index (χ4v) is 1.80. The number of aliphatic hydroxyl groups is 2. The van der Waals surface area contributed by atoms with Gasteiger partial charge < -0.3 is 24.4 Å². The van der Waals surface area contributed by atoms with Crippen LogP contribution in [-0.4, -0.2) is 54.6 Å². The number of ether oxygens (including phenoxy) is 3. The van der Waals surface area contributed by atoms with Crippen molar-refractivity contribution in [2.45, 2.75) is 44.1 Å². The Morgan fingerprint density at radius 2 is 1.64 bits per heavy atom. The van der Waals surface area contributed by atoms with Crippen molar-refractivity contribution in [2.24, 2.45) is 0 Å². The van der Waals surface area contributed by atoms with Gasteiger partial charge in [0, 0.05) is 14.2 Å². The number of aliphatic hydroxyl groups excluding tert-OH is 2. The van der Waals surface area contributed by atoms with Crippen molar-refractivity contribution >= 4 is 0 Å². The Morgan fingerprint density at radius 1 is 1.07 bits per heavy atom. The molecule has 2 N–H and O–H groups in total. The van der Waals surface area contributed by atoms with E-state index in [4.69, 9.17) is 14.2 Å². The van der Waals surface area contributed by atoms with Gasteiger partial charge in [0.05, 0.1) is 5.60 Å². The average Bonchev–Trinajstić information content (AvgIpc) is 2.12. The lowest BCUT2D eigenvalue weighted by atomic mass is 9.90. The maximum Gasteiger partial charge on any atom is 0.186 e. The molecule has 0 saturated carbocycles. The van der Waals surface area contributed by atoms with Crippen LogP contribution >= 0.6 is 0 Å². The van der Waals surface area contributed by atoms with Crippen molar-refractivity contribution < 1.29 is 24.4 Å². The normalized spacial score (nSPS) is 42.4. The molecule has 5 nitrogen and oxygen atoms in total. The molecule has 84 valence electrons. The van der Waals surface area contributed by atoms with Crippen molar-refractivity contribution in [1.82, 2.24) is 0 Å². The molecule has 1 aliphatic rings. The number of hydrogen-bond acceptors (Lipinski definition) is 5. The van der Waals surface area contributed by atoms with E-state index in [0.717, 1.165) is 0 Å². The van der Waals surface area contributed by atoms with Crippen LogP contribution in [-0.2, 0) is 14.2 Å². The molecular weight excluding hydrogens is 188 g/mol. The zero-order valence-electron chi connectivity index (χ0n) is 8.93. The van der Waals surface area contributed by atoms with Crippen LogP contribution in [0.25, 0.3) is 0 Å². The minimum atomic E-state index is -1.09. The Hall–Kier alpha value is -0.200. The van der Waals surface area contributed by atoms with E-state index in [0.29, 0.717) is 0 Å². The first kappa shape index (κ1) is 11.9. The van der Waals surface area contributed by atoms with Gasteiger partial charge in [0.15, 0.2) is 6.29 Å². The predicted molar refractivity (Wildman–Crippen MR) is 48.8 cm³/mol. The SMILES string of the molecule is COC1OC(C)(C)[C@H](OC)[C@H](O)[C@@H]1O. The molecule has 1 rings (SSSR count). The Kier molecular flexibility index (Phi) is 3.49. The first-order chi connectivity index (χ1) is 6.44. The summed E-state index contributed by atoms with van der Waals surface area (Å²) in [5, 5.41) is 19.3. The summed E-state index contributed by atoms with van der Waals surface area (Å²) < 4.78 is 15.5. The highest BCUT2D eigenvalue weighted by Gasteiger charge is 2.49. The molecule has 0 aliphatic carbocycles. The Bertz CT molecular complexity index is 194. The first-order valence-corrected chi connectivity index (χ1v) is 4.53. The largest absolute Gasteiger partial charge is 0.387 e. The molecule has 0 spiro atoms. The van der Waals surface area contributed by atoms with Crippen LogP contribution in [0.1, 0.15) is 13.8 Å². The van der Waals surface area contributed by atoms with Gasteiger partial charge in [-0.05, 0) is 13.8 Å². The molecule has 5 heteroatoms. The first-order valence-electron chi connectivity index (χ1n) is 4.53. The third-order valence-corrected chi connectivity index (χ3v) is 2.53. The third kappa shape index (κ3) is 1.92. The summed E-state index contributed by atoms with van der Waals surface area (Å²) in [4.78, 5) is 0. The van der Waals surface area contributed by atoms with Crippen molar-refractivity contribution in [3.8, 4) is 0 Å². The lowest BCUT2D eigenvalue weighted by molar-refractivity contribution is -0.320. The standard InChI is InChI=1S/C9H18O5/c1-9(2)7(12-3)5(10)6(11)8(13-4)14-9/h5-8,10-11H,1-4H3/t5-,6+,7-,8?/m1/s1. The second-order valence-electron chi connectivity index (χ2n) is 3.96. The van der Waals surface area contributed by atoms with Crippen LogP contribution in [0.4, 0.5) is 0 Å². The van der Waals surface area contributed by atoms with Gasteiger partial charge in [-0.2, -0.15) is 0 Å². The van der Waals surface area contributed by atoms with Crippen LogP contribution < -0.4 is 0 Å². The van der Waals surface area contributed by atoms with Crippen molar-refractivity contribution in [2.75, 3.05) is 14.2 Å². The van der Waals surface area contributed by atoms with Crippen LogP contribution in [0.3, 0.4) is 0 Å².